The summed E-state index contributed by atoms with van der Waals surface area (Å²) in [6.07, 6.45) is 3.57. The fourth-order valence-electron chi connectivity index (χ4n) is 1.75. The molecule has 0 aliphatic carbocycles. The summed E-state index contributed by atoms with van der Waals surface area (Å²) in [4.78, 5) is 2.43. The van der Waals surface area contributed by atoms with Gasteiger partial charge in [-0.15, -0.1) is 0 Å². The van der Waals surface area contributed by atoms with E-state index in [-0.39, 0.29) is 0 Å². The SMILES string of the molecule is CCC(C)N(C)CCCc1ccc(N)cc1. The van der Waals surface area contributed by atoms with Crippen molar-refractivity contribution in [3.05, 3.63) is 29.8 Å². The lowest BCUT2D eigenvalue weighted by Gasteiger charge is -2.23. The molecule has 1 unspecified atom stereocenters. The van der Waals surface area contributed by atoms with Crippen molar-refractivity contribution < 1.29 is 0 Å². The van der Waals surface area contributed by atoms with E-state index in [4.69, 9.17) is 5.73 Å². The minimum Gasteiger partial charge on any atom is -0.399 e. The number of rotatable bonds is 6. The van der Waals surface area contributed by atoms with E-state index in [0.717, 1.165) is 12.1 Å². The van der Waals surface area contributed by atoms with Gasteiger partial charge in [0.25, 0.3) is 0 Å². The summed E-state index contributed by atoms with van der Waals surface area (Å²) in [5.41, 5.74) is 7.88. The van der Waals surface area contributed by atoms with E-state index in [1.165, 1.54) is 24.9 Å². The minimum absolute atomic E-state index is 0.686. The molecule has 0 spiro atoms. The van der Waals surface area contributed by atoms with Crippen LogP contribution in [-0.2, 0) is 6.42 Å². The van der Waals surface area contributed by atoms with E-state index in [9.17, 15) is 0 Å². The molecule has 0 fully saturated rings. The number of nitrogens with zero attached hydrogens (tertiary/aromatic N) is 1. The molecular formula is C14H24N2. The Labute approximate surface area is 99.5 Å². The van der Waals surface area contributed by atoms with Crippen molar-refractivity contribution in [2.75, 3.05) is 19.3 Å². The molecular weight excluding hydrogens is 196 g/mol. The lowest BCUT2D eigenvalue weighted by atomic mass is 10.1. The van der Waals surface area contributed by atoms with Crippen molar-refractivity contribution in [1.29, 1.82) is 0 Å². The largest absolute Gasteiger partial charge is 0.399 e. The van der Waals surface area contributed by atoms with Crippen molar-refractivity contribution >= 4 is 5.69 Å². The molecule has 0 aliphatic heterocycles. The molecule has 0 aromatic heterocycles. The normalized spacial score (nSPS) is 13.0. The van der Waals surface area contributed by atoms with Crippen LogP contribution in [0.25, 0.3) is 0 Å². The smallest absolute Gasteiger partial charge is 0.0314 e. The Hall–Kier alpha value is -1.02. The Kier molecular flexibility index (Phi) is 5.33. The van der Waals surface area contributed by atoms with E-state index in [2.05, 4.69) is 37.9 Å². The lowest BCUT2D eigenvalue weighted by Crippen LogP contribution is -2.29. The second kappa shape index (κ2) is 6.54. The van der Waals surface area contributed by atoms with Crippen LogP contribution in [0.15, 0.2) is 24.3 Å². The van der Waals surface area contributed by atoms with Crippen molar-refractivity contribution in [2.24, 2.45) is 0 Å². The summed E-state index contributed by atoms with van der Waals surface area (Å²) in [6.45, 7) is 5.68. The highest BCUT2D eigenvalue weighted by Gasteiger charge is 2.05. The zero-order chi connectivity index (χ0) is 12.0. The minimum atomic E-state index is 0.686. The molecule has 0 saturated carbocycles. The van der Waals surface area contributed by atoms with Gasteiger partial charge in [-0.1, -0.05) is 19.1 Å². The topological polar surface area (TPSA) is 29.3 Å². The van der Waals surface area contributed by atoms with Crippen LogP contribution in [0.5, 0.6) is 0 Å². The molecule has 2 nitrogen and oxygen atoms in total. The zero-order valence-electron chi connectivity index (χ0n) is 10.7. The van der Waals surface area contributed by atoms with Crippen LogP contribution in [0.4, 0.5) is 5.69 Å². The molecule has 1 aromatic carbocycles. The molecule has 2 heteroatoms. The highest BCUT2D eigenvalue weighted by Crippen LogP contribution is 2.09. The van der Waals surface area contributed by atoms with Gasteiger partial charge in [-0.2, -0.15) is 0 Å². The van der Waals surface area contributed by atoms with Gasteiger partial charge >= 0.3 is 0 Å². The van der Waals surface area contributed by atoms with Crippen LogP contribution in [0.3, 0.4) is 0 Å². The first-order valence-electron chi connectivity index (χ1n) is 6.18. The van der Waals surface area contributed by atoms with Crippen LogP contribution in [0, 0.1) is 0 Å². The molecule has 0 radical (unpaired) electrons. The van der Waals surface area contributed by atoms with Gasteiger partial charge < -0.3 is 10.6 Å². The van der Waals surface area contributed by atoms with Crippen LogP contribution < -0.4 is 5.73 Å². The van der Waals surface area contributed by atoms with Gasteiger partial charge in [-0.25, -0.2) is 0 Å². The Morgan fingerprint density at radius 1 is 1.25 bits per heavy atom. The summed E-state index contributed by atoms with van der Waals surface area (Å²) in [6, 6.07) is 8.89. The molecule has 0 aliphatic rings. The molecule has 90 valence electrons. The number of aryl methyl sites for hydroxylation is 1. The van der Waals surface area contributed by atoms with E-state index in [0.29, 0.717) is 6.04 Å². The van der Waals surface area contributed by atoms with Gasteiger partial charge in [0.15, 0.2) is 0 Å². The third-order valence-electron chi connectivity index (χ3n) is 3.30. The Morgan fingerprint density at radius 3 is 2.44 bits per heavy atom. The maximum atomic E-state index is 5.65. The van der Waals surface area contributed by atoms with Gasteiger partial charge in [0.2, 0.25) is 0 Å². The van der Waals surface area contributed by atoms with Crippen LogP contribution in [0.2, 0.25) is 0 Å². The van der Waals surface area contributed by atoms with E-state index in [1.807, 2.05) is 12.1 Å². The average Bonchev–Trinajstić information content (AvgIpc) is 2.30. The van der Waals surface area contributed by atoms with Gasteiger partial charge in [0.1, 0.15) is 0 Å². The molecule has 2 N–H and O–H groups in total. The summed E-state index contributed by atoms with van der Waals surface area (Å²) < 4.78 is 0. The third-order valence-corrected chi connectivity index (χ3v) is 3.30. The monoisotopic (exact) mass is 220 g/mol. The molecule has 1 atom stereocenters. The number of nitrogen functional groups attached to an aromatic ring is 1. The van der Waals surface area contributed by atoms with E-state index < -0.39 is 0 Å². The van der Waals surface area contributed by atoms with Gasteiger partial charge in [-0.3, -0.25) is 0 Å². The molecule has 0 amide bonds. The Bertz CT molecular complexity index is 292. The number of nitrogens with two attached hydrogens (primary N) is 1. The number of anilines is 1. The molecule has 0 saturated heterocycles. The maximum absolute atomic E-state index is 5.65. The first kappa shape index (κ1) is 13.0. The van der Waals surface area contributed by atoms with Gasteiger partial charge in [0.05, 0.1) is 0 Å². The predicted octanol–water partition coefficient (Wildman–Crippen LogP) is 2.93. The summed E-state index contributed by atoms with van der Waals surface area (Å²) in [5.74, 6) is 0. The maximum Gasteiger partial charge on any atom is 0.0314 e. The second-order valence-electron chi connectivity index (χ2n) is 4.58. The van der Waals surface area contributed by atoms with E-state index in [1.54, 1.807) is 0 Å². The highest BCUT2D eigenvalue weighted by atomic mass is 15.1. The Balaban J connectivity index is 2.27. The summed E-state index contributed by atoms with van der Waals surface area (Å²) in [7, 11) is 2.21. The van der Waals surface area contributed by atoms with Crippen molar-refractivity contribution in [3.63, 3.8) is 0 Å². The predicted molar refractivity (Wildman–Crippen MR) is 71.6 cm³/mol. The average molecular weight is 220 g/mol. The van der Waals surface area contributed by atoms with E-state index >= 15 is 0 Å². The fraction of sp³-hybridized carbons (Fsp3) is 0.571. The third kappa shape index (κ3) is 4.23. The van der Waals surface area contributed by atoms with Crippen molar-refractivity contribution in [2.45, 2.75) is 39.2 Å². The molecule has 0 heterocycles. The number of hydrogen-bond donors (Lipinski definition) is 1. The van der Waals surface area contributed by atoms with Crippen molar-refractivity contribution in [1.82, 2.24) is 4.90 Å². The first-order valence-corrected chi connectivity index (χ1v) is 6.18. The summed E-state index contributed by atoms with van der Waals surface area (Å²) in [5, 5.41) is 0. The van der Waals surface area contributed by atoms with Gasteiger partial charge in [-0.05, 0) is 57.5 Å². The van der Waals surface area contributed by atoms with Crippen molar-refractivity contribution in [3.8, 4) is 0 Å². The quantitative estimate of drug-likeness (QED) is 0.747. The van der Waals surface area contributed by atoms with Crippen LogP contribution >= 0.6 is 0 Å². The lowest BCUT2D eigenvalue weighted by molar-refractivity contribution is 0.249. The first-order chi connectivity index (χ1) is 7.63. The molecule has 16 heavy (non-hydrogen) atoms. The highest BCUT2D eigenvalue weighted by molar-refractivity contribution is 5.39. The Morgan fingerprint density at radius 2 is 1.88 bits per heavy atom. The van der Waals surface area contributed by atoms with Crippen LogP contribution in [0.1, 0.15) is 32.3 Å². The molecule has 0 bridgehead atoms. The molecule has 1 rings (SSSR count). The standard InChI is InChI=1S/C14H24N2/c1-4-12(2)16(3)11-5-6-13-7-9-14(15)10-8-13/h7-10,12H,4-6,11,15H2,1-3H3. The zero-order valence-corrected chi connectivity index (χ0v) is 10.7. The number of benzene rings is 1. The summed E-state index contributed by atoms with van der Waals surface area (Å²) >= 11 is 0. The second-order valence-corrected chi connectivity index (χ2v) is 4.58. The van der Waals surface area contributed by atoms with Gasteiger partial charge in [0, 0.05) is 11.7 Å². The number of hydrogen-bond acceptors (Lipinski definition) is 2. The molecule has 1 aromatic rings. The van der Waals surface area contributed by atoms with Crippen LogP contribution in [-0.4, -0.2) is 24.5 Å². The fourth-order valence-corrected chi connectivity index (χ4v) is 1.75.